The van der Waals surface area contributed by atoms with Crippen LogP contribution in [0.2, 0.25) is 5.02 Å². The fraction of sp³-hybridized carbons (Fsp3) is 0.417. The van der Waals surface area contributed by atoms with Gasteiger partial charge in [0.2, 0.25) is 5.91 Å². The van der Waals surface area contributed by atoms with Crippen LogP contribution in [0.5, 0.6) is 0 Å². The van der Waals surface area contributed by atoms with Crippen molar-refractivity contribution in [3.8, 4) is 0 Å². The standard InChI is InChI=1S/C12H17ClN4O2/c1-4-6-17-12(19)10(13)9(7-15-17)16-8(3)11(18)14-5-2/h4,7-8,16H,1,5-6H2,2-3H3,(H,14,18). The Morgan fingerprint density at radius 2 is 2.37 bits per heavy atom. The van der Waals surface area contributed by atoms with Crippen LogP contribution in [0, 0.1) is 0 Å². The number of carbonyl (C=O) groups is 1. The Balaban J connectivity index is 2.91. The number of nitrogens with zero attached hydrogens (tertiary/aromatic N) is 2. The highest BCUT2D eigenvalue weighted by Crippen LogP contribution is 2.16. The highest BCUT2D eigenvalue weighted by atomic mass is 35.5. The summed E-state index contributed by atoms with van der Waals surface area (Å²) in [6, 6.07) is -0.506. The average Bonchev–Trinajstić information content (AvgIpc) is 2.38. The Morgan fingerprint density at radius 1 is 1.68 bits per heavy atom. The fourth-order valence-electron chi connectivity index (χ4n) is 1.44. The summed E-state index contributed by atoms with van der Waals surface area (Å²) in [5.41, 5.74) is -0.0830. The zero-order valence-corrected chi connectivity index (χ0v) is 11.7. The minimum Gasteiger partial charge on any atom is -0.371 e. The van der Waals surface area contributed by atoms with Crippen LogP contribution in [0.15, 0.2) is 23.6 Å². The maximum atomic E-state index is 11.8. The van der Waals surface area contributed by atoms with Gasteiger partial charge in [0.05, 0.1) is 18.4 Å². The lowest BCUT2D eigenvalue weighted by Crippen LogP contribution is -2.38. The van der Waals surface area contributed by atoms with Gasteiger partial charge in [-0.1, -0.05) is 17.7 Å². The molecule has 1 heterocycles. The first-order valence-electron chi connectivity index (χ1n) is 5.92. The monoisotopic (exact) mass is 284 g/mol. The molecule has 0 fully saturated rings. The summed E-state index contributed by atoms with van der Waals surface area (Å²) in [6.07, 6.45) is 2.97. The summed E-state index contributed by atoms with van der Waals surface area (Å²) in [7, 11) is 0. The number of allylic oxidation sites excluding steroid dienone is 1. The average molecular weight is 285 g/mol. The molecule has 0 aliphatic heterocycles. The van der Waals surface area contributed by atoms with Gasteiger partial charge in [0.15, 0.2) is 0 Å². The molecule has 2 N–H and O–H groups in total. The molecule has 0 aliphatic rings. The summed E-state index contributed by atoms with van der Waals surface area (Å²) in [4.78, 5) is 23.4. The Labute approximate surface area is 116 Å². The molecular formula is C12H17ClN4O2. The van der Waals surface area contributed by atoms with E-state index in [0.717, 1.165) is 0 Å². The summed E-state index contributed by atoms with van der Waals surface area (Å²) in [6.45, 7) is 7.86. The molecule has 0 bridgehead atoms. The lowest BCUT2D eigenvalue weighted by molar-refractivity contribution is -0.121. The van der Waals surface area contributed by atoms with Crippen LogP contribution >= 0.6 is 11.6 Å². The van der Waals surface area contributed by atoms with Gasteiger partial charge >= 0.3 is 0 Å². The SMILES string of the molecule is C=CCn1ncc(NC(C)C(=O)NCC)c(Cl)c1=O. The molecule has 6 nitrogen and oxygen atoms in total. The number of hydrogen-bond donors (Lipinski definition) is 2. The molecule has 7 heteroatoms. The Kier molecular flexibility index (Phi) is 5.57. The second-order valence-electron chi connectivity index (χ2n) is 3.91. The van der Waals surface area contributed by atoms with Crippen LogP contribution in [0.4, 0.5) is 5.69 Å². The van der Waals surface area contributed by atoms with Gasteiger partial charge in [-0.2, -0.15) is 5.10 Å². The van der Waals surface area contributed by atoms with E-state index in [1.165, 1.54) is 10.9 Å². The largest absolute Gasteiger partial charge is 0.371 e. The summed E-state index contributed by atoms with van der Waals surface area (Å²) in [5.74, 6) is -0.172. The van der Waals surface area contributed by atoms with E-state index in [4.69, 9.17) is 11.6 Å². The first-order valence-corrected chi connectivity index (χ1v) is 6.29. The molecule has 1 atom stereocenters. The van der Waals surface area contributed by atoms with Gasteiger partial charge in [-0.15, -0.1) is 6.58 Å². The second kappa shape index (κ2) is 6.94. The fourth-order valence-corrected chi connectivity index (χ4v) is 1.65. The quantitative estimate of drug-likeness (QED) is 0.765. The molecule has 0 aromatic carbocycles. The third-order valence-electron chi connectivity index (χ3n) is 2.40. The number of hydrogen-bond acceptors (Lipinski definition) is 4. The van der Waals surface area contributed by atoms with Crippen molar-refractivity contribution in [2.75, 3.05) is 11.9 Å². The highest BCUT2D eigenvalue weighted by molar-refractivity contribution is 6.33. The number of carbonyl (C=O) groups excluding carboxylic acids is 1. The second-order valence-corrected chi connectivity index (χ2v) is 4.29. The third kappa shape index (κ3) is 3.82. The molecule has 104 valence electrons. The lowest BCUT2D eigenvalue weighted by atomic mass is 10.3. The predicted octanol–water partition coefficient (Wildman–Crippen LogP) is 1.02. The number of rotatable bonds is 6. The first-order chi connectivity index (χ1) is 9.01. The van der Waals surface area contributed by atoms with E-state index >= 15 is 0 Å². The van der Waals surface area contributed by atoms with E-state index in [0.29, 0.717) is 12.2 Å². The molecule has 1 unspecified atom stereocenters. The van der Waals surface area contributed by atoms with Crippen molar-refractivity contribution in [2.24, 2.45) is 0 Å². The molecule has 0 spiro atoms. The summed E-state index contributed by atoms with van der Waals surface area (Å²) >= 11 is 5.96. The molecule has 0 saturated heterocycles. The summed E-state index contributed by atoms with van der Waals surface area (Å²) in [5, 5.41) is 9.48. The van der Waals surface area contributed by atoms with Crippen LogP contribution in [0.3, 0.4) is 0 Å². The van der Waals surface area contributed by atoms with Gasteiger partial charge in [-0.25, -0.2) is 4.68 Å². The summed E-state index contributed by atoms with van der Waals surface area (Å²) < 4.78 is 1.19. The number of anilines is 1. The zero-order chi connectivity index (χ0) is 14.4. The third-order valence-corrected chi connectivity index (χ3v) is 2.77. The smallest absolute Gasteiger partial charge is 0.287 e. The molecule has 1 aromatic heterocycles. The number of likely N-dealkylation sites (N-methyl/N-ethyl adjacent to an activating group) is 1. The van der Waals surface area contributed by atoms with Crippen molar-refractivity contribution >= 4 is 23.2 Å². The van der Waals surface area contributed by atoms with Gasteiger partial charge in [0.25, 0.3) is 5.56 Å². The Bertz CT molecular complexity index is 527. The van der Waals surface area contributed by atoms with Crippen LogP contribution in [0.1, 0.15) is 13.8 Å². The van der Waals surface area contributed by atoms with Crippen molar-refractivity contribution < 1.29 is 4.79 Å². The van der Waals surface area contributed by atoms with Gasteiger partial charge in [0.1, 0.15) is 11.1 Å². The maximum absolute atomic E-state index is 11.8. The normalized spacial score (nSPS) is 11.7. The number of aromatic nitrogens is 2. The minimum absolute atomic E-state index is 0.00741. The number of nitrogens with one attached hydrogen (secondary N) is 2. The van der Waals surface area contributed by atoms with E-state index in [1.807, 2.05) is 6.92 Å². The molecule has 0 radical (unpaired) electrons. The Morgan fingerprint density at radius 3 is 2.95 bits per heavy atom. The number of amides is 1. The van der Waals surface area contributed by atoms with E-state index in [2.05, 4.69) is 22.3 Å². The van der Waals surface area contributed by atoms with Crippen LogP contribution in [-0.2, 0) is 11.3 Å². The minimum atomic E-state index is -0.506. The number of halogens is 1. The lowest BCUT2D eigenvalue weighted by Gasteiger charge is -2.15. The van der Waals surface area contributed by atoms with Crippen molar-refractivity contribution in [1.82, 2.24) is 15.1 Å². The van der Waals surface area contributed by atoms with Crippen LogP contribution in [0.25, 0.3) is 0 Å². The molecule has 1 rings (SSSR count). The van der Waals surface area contributed by atoms with Crippen LogP contribution in [-0.4, -0.2) is 28.3 Å². The Hall–Kier alpha value is -1.82. The zero-order valence-electron chi connectivity index (χ0n) is 10.9. The van der Waals surface area contributed by atoms with Gasteiger partial charge in [-0.3, -0.25) is 9.59 Å². The van der Waals surface area contributed by atoms with Gasteiger partial charge in [0, 0.05) is 6.54 Å². The highest BCUT2D eigenvalue weighted by Gasteiger charge is 2.15. The maximum Gasteiger partial charge on any atom is 0.287 e. The van der Waals surface area contributed by atoms with Gasteiger partial charge in [-0.05, 0) is 13.8 Å². The van der Waals surface area contributed by atoms with E-state index in [9.17, 15) is 9.59 Å². The topological polar surface area (TPSA) is 76.0 Å². The molecule has 1 amide bonds. The molecule has 0 saturated carbocycles. The van der Waals surface area contributed by atoms with E-state index in [1.54, 1.807) is 13.0 Å². The van der Waals surface area contributed by atoms with Crippen molar-refractivity contribution in [1.29, 1.82) is 0 Å². The van der Waals surface area contributed by atoms with Crippen molar-refractivity contribution in [2.45, 2.75) is 26.4 Å². The molecule has 0 aliphatic carbocycles. The first kappa shape index (κ1) is 15.2. The van der Waals surface area contributed by atoms with Crippen molar-refractivity contribution in [3.63, 3.8) is 0 Å². The van der Waals surface area contributed by atoms with Gasteiger partial charge < -0.3 is 10.6 Å². The van der Waals surface area contributed by atoms with Crippen molar-refractivity contribution in [3.05, 3.63) is 34.2 Å². The molecular weight excluding hydrogens is 268 g/mol. The van der Waals surface area contributed by atoms with E-state index in [-0.39, 0.29) is 17.5 Å². The molecule has 1 aromatic rings. The predicted molar refractivity (Wildman–Crippen MR) is 75.5 cm³/mol. The van der Waals surface area contributed by atoms with E-state index < -0.39 is 11.6 Å². The molecule has 19 heavy (non-hydrogen) atoms. The van der Waals surface area contributed by atoms with Crippen LogP contribution < -0.4 is 16.2 Å².